The number of nitrogens with zero attached hydrogens (tertiary/aromatic N) is 4. The zero-order valence-electron chi connectivity index (χ0n) is 27.6. The van der Waals surface area contributed by atoms with Crippen molar-refractivity contribution in [3.8, 4) is 45.3 Å². The second kappa shape index (κ2) is 11.2. The lowest BCUT2D eigenvalue weighted by Crippen LogP contribution is -2.00. The van der Waals surface area contributed by atoms with Gasteiger partial charge in [0, 0.05) is 39.0 Å². The molecule has 0 aliphatic rings. The molecule has 11 aromatic rings. The molecule has 0 saturated heterocycles. The number of hydrogen-bond donors (Lipinski definition) is 0. The van der Waals surface area contributed by atoms with Crippen LogP contribution in [0.5, 0.6) is 0 Å². The summed E-state index contributed by atoms with van der Waals surface area (Å²) in [6.45, 7) is 0. The highest BCUT2D eigenvalue weighted by atomic mass is 16.3. The van der Waals surface area contributed by atoms with E-state index in [-0.39, 0.29) is 0 Å². The Morgan fingerprint density at radius 2 is 1.04 bits per heavy atom. The number of para-hydroxylation sites is 1. The predicted octanol–water partition coefficient (Wildman–Crippen LogP) is 12.0. The summed E-state index contributed by atoms with van der Waals surface area (Å²) in [6, 6.07) is 51.9. The maximum Gasteiger partial charge on any atom is 0.227 e. The van der Waals surface area contributed by atoms with E-state index in [1.807, 2.05) is 72.9 Å². The first-order valence-corrected chi connectivity index (χ1v) is 17.2. The fraction of sp³-hybridized carbons (Fsp3) is 0. The van der Waals surface area contributed by atoms with Gasteiger partial charge >= 0.3 is 0 Å². The lowest BCUT2D eigenvalue weighted by molar-refractivity contribution is 0.654. The summed E-state index contributed by atoms with van der Waals surface area (Å²) in [5.41, 5.74) is 8.01. The van der Waals surface area contributed by atoms with Crippen molar-refractivity contribution >= 4 is 65.6 Å². The van der Waals surface area contributed by atoms with E-state index in [1.54, 1.807) is 0 Å². The molecule has 6 nitrogen and oxygen atoms in total. The maximum absolute atomic E-state index is 6.26. The molecule has 52 heavy (non-hydrogen) atoms. The molecule has 0 radical (unpaired) electrons. The number of fused-ring (bicyclic) bond motifs is 8. The second-order valence-electron chi connectivity index (χ2n) is 13.1. The Morgan fingerprint density at radius 3 is 1.90 bits per heavy atom. The van der Waals surface area contributed by atoms with Gasteiger partial charge in [0.25, 0.3) is 0 Å². The van der Waals surface area contributed by atoms with E-state index >= 15 is 0 Å². The molecular formula is C46H26N4O2. The zero-order valence-corrected chi connectivity index (χ0v) is 27.6. The monoisotopic (exact) mass is 666 g/mol. The van der Waals surface area contributed by atoms with Gasteiger partial charge in [0.1, 0.15) is 16.7 Å². The molecule has 0 N–H and O–H groups in total. The van der Waals surface area contributed by atoms with Gasteiger partial charge in [0.15, 0.2) is 17.5 Å². The van der Waals surface area contributed by atoms with E-state index in [4.69, 9.17) is 23.8 Å². The molecule has 6 heteroatoms. The summed E-state index contributed by atoms with van der Waals surface area (Å²) in [4.78, 5) is 19.7. The topological polar surface area (TPSA) is 77.8 Å². The average molecular weight is 667 g/mol. The third-order valence-corrected chi connectivity index (χ3v) is 9.96. The second-order valence-corrected chi connectivity index (χ2v) is 13.1. The van der Waals surface area contributed by atoms with Gasteiger partial charge in [-0.2, -0.15) is 0 Å². The Balaban J connectivity index is 1.05. The van der Waals surface area contributed by atoms with Gasteiger partial charge in [-0.3, -0.25) is 0 Å². The highest BCUT2D eigenvalue weighted by molar-refractivity contribution is 6.15. The molecule has 0 aliphatic heterocycles. The summed E-state index contributed by atoms with van der Waals surface area (Å²) in [5.74, 6) is 1.81. The molecule has 0 unspecified atom stereocenters. The number of benzene rings is 7. The largest absolute Gasteiger partial charge is 0.456 e. The van der Waals surface area contributed by atoms with Crippen LogP contribution in [0.2, 0.25) is 0 Å². The van der Waals surface area contributed by atoms with Gasteiger partial charge in [-0.25, -0.2) is 19.9 Å². The van der Waals surface area contributed by atoms with Crippen molar-refractivity contribution < 1.29 is 8.83 Å². The lowest BCUT2D eigenvalue weighted by atomic mass is 9.97. The molecule has 0 aliphatic carbocycles. The standard InChI is InChI=1S/C46H26N4O2/c1-2-9-27(10-3-1)43-48-44(50-45(49-43)36-14-8-16-39-41(36)35-13-6-7-15-38(35)51-39)33-20-18-30-23-32(19-17-31(30)24-33)34-21-22-47-46-42(34)37-25-28-11-4-5-12-29(28)26-40(37)52-46/h1-26H. The minimum atomic E-state index is 0.596. The summed E-state index contributed by atoms with van der Waals surface area (Å²) < 4.78 is 12.5. The Hall–Kier alpha value is -7.18. The zero-order chi connectivity index (χ0) is 34.2. The van der Waals surface area contributed by atoms with Crippen LogP contribution in [0.15, 0.2) is 167 Å². The third-order valence-electron chi connectivity index (χ3n) is 9.96. The van der Waals surface area contributed by atoms with E-state index in [1.165, 1.54) is 5.39 Å². The van der Waals surface area contributed by atoms with Crippen LogP contribution in [-0.2, 0) is 0 Å². The van der Waals surface area contributed by atoms with Crippen LogP contribution in [0, 0.1) is 0 Å². The first-order valence-electron chi connectivity index (χ1n) is 17.2. The van der Waals surface area contributed by atoms with Crippen LogP contribution in [0.25, 0.3) is 111 Å². The number of pyridine rings is 1. The summed E-state index contributed by atoms with van der Waals surface area (Å²) in [5, 5.41) is 8.61. The number of hydrogen-bond acceptors (Lipinski definition) is 6. The maximum atomic E-state index is 6.26. The van der Waals surface area contributed by atoms with Crippen molar-refractivity contribution in [2.24, 2.45) is 0 Å². The molecule has 0 saturated carbocycles. The highest BCUT2D eigenvalue weighted by Gasteiger charge is 2.19. The quantitative estimate of drug-likeness (QED) is 0.186. The smallest absolute Gasteiger partial charge is 0.227 e. The first-order chi connectivity index (χ1) is 25.7. The van der Waals surface area contributed by atoms with Crippen LogP contribution in [0.3, 0.4) is 0 Å². The van der Waals surface area contributed by atoms with Crippen LogP contribution in [0.4, 0.5) is 0 Å². The molecule has 4 heterocycles. The van der Waals surface area contributed by atoms with Gasteiger partial charge in [-0.1, -0.05) is 109 Å². The van der Waals surface area contributed by atoms with E-state index in [0.29, 0.717) is 23.2 Å². The molecule has 7 aromatic carbocycles. The van der Waals surface area contributed by atoms with E-state index in [0.717, 1.165) is 82.3 Å². The summed E-state index contributed by atoms with van der Waals surface area (Å²) in [6.07, 6.45) is 1.82. The number of rotatable bonds is 4. The Kier molecular flexibility index (Phi) is 6.15. The Labute approximate surface area is 296 Å². The van der Waals surface area contributed by atoms with Crippen molar-refractivity contribution in [1.82, 2.24) is 19.9 Å². The fourth-order valence-corrected chi connectivity index (χ4v) is 7.48. The van der Waals surface area contributed by atoms with E-state index < -0.39 is 0 Å². The summed E-state index contributed by atoms with van der Waals surface area (Å²) >= 11 is 0. The molecule has 0 amide bonds. The summed E-state index contributed by atoms with van der Waals surface area (Å²) in [7, 11) is 0. The lowest BCUT2D eigenvalue weighted by Gasteiger charge is -2.10. The van der Waals surface area contributed by atoms with Crippen molar-refractivity contribution in [2.45, 2.75) is 0 Å². The predicted molar refractivity (Wildman–Crippen MR) is 209 cm³/mol. The third kappa shape index (κ3) is 4.51. The van der Waals surface area contributed by atoms with Crippen molar-refractivity contribution in [2.75, 3.05) is 0 Å². The van der Waals surface area contributed by atoms with Gasteiger partial charge in [0.05, 0.1) is 5.39 Å². The van der Waals surface area contributed by atoms with Crippen LogP contribution in [-0.4, -0.2) is 19.9 Å². The highest BCUT2D eigenvalue weighted by Crippen LogP contribution is 2.39. The molecular weight excluding hydrogens is 641 g/mol. The van der Waals surface area contributed by atoms with Crippen molar-refractivity contribution in [3.63, 3.8) is 0 Å². The minimum Gasteiger partial charge on any atom is -0.456 e. The van der Waals surface area contributed by atoms with E-state index in [9.17, 15) is 0 Å². The SMILES string of the molecule is c1ccc(-c2nc(-c3ccc4cc(-c5ccnc6oc7cc8ccccc8cc7c56)ccc4c3)nc(-c3cccc4oc5ccccc5c34)n2)cc1. The normalized spacial score (nSPS) is 11.8. The van der Waals surface area contributed by atoms with Gasteiger partial charge in [0.2, 0.25) is 5.71 Å². The molecule has 0 atom stereocenters. The molecule has 0 bridgehead atoms. The Morgan fingerprint density at radius 1 is 0.365 bits per heavy atom. The van der Waals surface area contributed by atoms with Crippen molar-refractivity contribution in [3.05, 3.63) is 158 Å². The van der Waals surface area contributed by atoms with Crippen molar-refractivity contribution in [1.29, 1.82) is 0 Å². The molecule has 11 rings (SSSR count). The van der Waals surface area contributed by atoms with Crippen LogP contribution >= 0.6 is 0 Å². The molecule has 4 aromatic heterocycles. The van der Waals surface area contributed by atoms with Gasteiger partial charge < -0.3 is 8.83 Å². The first kappa shape index (κ1) is 28.6. The van der Waals surface area contributed by atoms with Gasteiger partial charge in [-0.05, 0) is 75.1 Å². The average Bonchev–Trinajstić information content (AvgIpc) is 3.77. The van der Waals surface area contributed by atoms with E-state index in [2.05, 4.69) is 89.9 Å². The Bertz CT molecular complexity index is 3200. The number of aromatic nitrogens is 4. The molecule has 0 fully saturated rings. The molecule has 242 valence electrons. The minimum absolute atomic E-state index is 0.596. The molecule has 0 spiro atoms. The number of furan rings is 2. The van der Waals surface area contributed by atoms with Crippen LogP contribution < -0.4 is 0 Å². The fourth-order valence-electron chi connectivity index (χ4n) is 7.48. The van der Waals surface area contributed by atoms with Gasteiger partial charge in [-0.15, -0.1) is 0 Å². The van der Waals surface area contributed by atoms with Crippen LogP contribution in [0.1, 0.15) is 0 Å².